The molecule has 1 amide bonds. The Bertz CT molecular complexity index is 1650. The molecule has 38 heavy (non-hydrogen) atoms. The van der Waals surface area contributed by atoms with Gasteiger partial charge in [-0.2, -0.15) is 8.42 Å². The van der Waals surface area contributed by atoms with Crippen LogP contribution in [0.2, 0.25) is 5.02 Å². The van der Waals surface area contributed by atoms with Crippen LogP contribution in [0.5, 0.6) is 5.75 Å². The predicted molar refractivity (Wildman–Crippen MR) is 142 cm³/mol. The zero-order valence-corrected chi connectivity index (χ0v) is 21.7. The third kappa shape index (κ3) is 4.70. The van der Waals surface area contributed by atoms with E-state index in [-0.39, 0.29) is 5.03 Å². The molecule has 9 nitrogen and oxygen atoms in total. The van der Waals surface area contributed by atoms with Crippen LogP contribution < -0.4 is 14.4 Å². The topological polar surface area (TPSA) is 122 Å². The fourth-order valence-electron chi connectivity index (χ4n) is 4.59. The van der Waals surface area contributed by atoms with Gasteiger partial charge in [0.05, 0.1) is 12.4 Å². The number of β-amino-alcohol motifs (C(OH)–C–C–N with tert-alkyl or cyclic N) is 1. The molecule has 0 spiro atoms. The summed E-state index contributed by atoms with van der Waals surface area (Å²) in [4.78, 5) is 19.3. The van der Waals surface area contributed by atoms with Gasteiger partial charge in [-0.25, -0.2) is 9.71 Å². The second kappa shape index (κ2) is 9.30. The first kappa shape index (κ1) is 24.7. The van der Waals surface area contributed by atoms with Crippen LogP contribution in [0.1, 0.15) is 19.3 Å². The Kier molecular flexibility index (Phi) is 6.05. The summed E-state index contributed by atoms with van der Waals surface area (Å²) in [5, 5.41) is 10.9. The van der Waals surface area contributed by atoms with E-state index >= 15 is 0 Å². The normalized spacial score (nSPS) is 18.5. The number of furan rings is 1. The molecule has 2 fully saturated rings. The second-order valence-corrected chi connectivity index (χ2v) is 11.6. The summed E-state index contributed by atoms with van der Waals surface area (Å²) < 4.78 is 40.0. The van der Waals surface area contributed by atoms with Crippen molar-refractivity contribution in [2.75, 3.05) is 18.0 Å². The van der Waals surface area contributed by atoms with Gasteiger partial charge in [0.1, 0.15) is 17.2 Å². The Hall–Kier alpha value is -3.60. The van der Waals surface area contributed by atoms with E-state index in [0.29, 0.717) is 60.1 Å². The van der Waals surface area contributed by atoms with E-state index in [1.54, 1.807) is 41.5 Å². The minimum absolute atomic E-state index is 0.282. The number of hydrogen-bond acceptors (Lipinski definition) is 8. The highest BCUT2D eigenvalue weighted by molar-refractivity contribution is 7.90. The van der Waals surface area contributed by atoms with Gasteiger partial charge < -0.3 is 19.2 Å². The van der Waals surface area contributed by atoms with Gasteiger partial charge in [-0.1, -0.05) is 29.8 Å². The fourth-order valence-corrected chi connectivity index (χ4v) is 5.76. The first-order valence-electron chi connectivity index (χ1n) is 12.2. The van der Waals surface area contributed by atoms with E-state index in [1.807, 2.05) is 24.3 Å². The molecule has 2 aliphatic rings. The highest BCUT2D eigenvalue weighted by atomic mass is 35.5. The molecule has 0 radical (unpaired) electrons. The van der Waals surface area contributed by atoms with Crippen molar-refractivity contribution in [3.05, 3.63) is 71.9 Å². The number of fused-ring (bicyclic) bond motifs is 1. The lowest BCUT2D eigenvalue weighted by Gasteiger charge is -2.21. The van der Waals surface area contributed by atoms with Gasteiger partial charge in [-0.3, -0.25) is 4.79 Å². The van der Waals surface area contributed by atoms with Crippen molar-refractivity contribution in [1.82, 2.24) is 9.71 Å². The molecule has 6 rings (SSSR count). The van der Waals surface area contributed by atoms with Gasteiger partial charge in [0.2, 0.25) is 0 Å². The van der Waals surface area contributed by atoms with Crippen molar-refractivity contribution >= 4 is 44.3 Å². The third-order valence-electron chi connectivity index (χ3n) is 6.83. The van der Waals surface area contributed by atoms with Crippen LogP contribution in [0.25, 0.3) is 22.1 Å². The van der Waals surface area contributed by atoms with Gasteiger partial charge in [-0.05, 0) is 54.4 Å². The van der Waals surface area contributed by atoms with Crippen molar-refractivity contribution in [3.8, 4) is 16.9 Å². The highest BCUT2D eigenvalue weighted by Crippen LogP contribution is 2.44. The molecular weight excluding hydrogens is 530 g/mol. The van der Waals surface area contributed by atoms with E-state index in [2.05, 4.69) is 9.71 Å². The summed E-state index contributed by atoms with van der Waals surface area (Å²) in [6.45, 7) is 0.935. The van der Waals surface area contributed by atoms with Crippen LogP contribution in [0.4, 0.5) is 5.82 Å². The maximum absolute atomic E-state index is 13.2. The van der Waals surface area contributed by atoms with Crippen LogP contribution >= 0.6 is 11.6 Å². The molecule has 1 aliphatic heterocycles. The number of rotatable bonds is 7. The number of sulfonamides is 1. The van der Waals surface area contributed by atoms with E-state index in [9.17, 15) is 18.3 Å². The first-order chi connectivity index (χ1) is 18.2. The third-order valence-corrected chi connectivity index (χ3v) is 8.30. The number of pyridine rings is 1. The maximum Gasteiger partial charge on any atom is 0.281 e. The largest absolute Gasteiger partial charge is 0.477 e. The predicted octanol–water partition coefficient (Wildman–Crippen LogP) is 4.14. The Balaban J connectivity index is 1.24. The number of halogens is 1. The molecule has 1 saturated carbocycles. The molecule has 2 N–H and O–H groups in total. The van der Waals surface area contributed by atoms with Gasteiger partial charge >= 0.3 is 0 Å². The Morgan fingerprint density at radius 1 is 1.16 bits per heavy atom. The van der Waals surface area contributed by atoms with Gasteiger partial charge in [0.15, 0.2) is 10.6 Å². The Morgan fingerprint density at radius 3 is 2.76 bits per heavy atom. The summed E-state index contributed by atoms with van der Waals surface area (Å²) >= 11 is 6.25. The molecule has 11 heteroatoms. The summed E-state index contributed by atoms with van der Waals surface area (Å²) in [7, 11) is -4.27. The second-order valence-electron chi connectivity index (χ2n) is 9.57. The molecular formula is C27H24ClN3O6S. The minimum atomic E-state index is -4.27. The molecule has 1 saturated heterocycles. The number of nitrogens with one attached hydrogen (secondary N) is 1. The lowest BCUT2D eigenvalue weighted by Crippen LogP contribution is -2.43. The SMILES string of the molecule is O=C(NS(=O)(=O)c1cccc(N2CCC(O)C2)n1)C1(Oc2cc(Cl)ccc2-c2ccc3ccoc3c2)CC1. The molecule has 2 aromatic carbocycles. The number of hydrogen-bond donors (Lipinski definition) is 2. The fraction of sp³-hybridized carbons (Fsp3) is 0.259. The van der Waals surface area contributed by atoms with Crippen molar-refractivity contribution in [2.24, 2.45) is 0 Å². The number of anilines is 1. The monoisotopic (exact) mass is 553 g/mol. The highest BCUT2D eigenvalue weighted by Gasteiger charge is 2.54. The number of ether oxygens (including phenoxy) is 1. The van der Waals surface area contributed by atoms with E-state index < -0.39 is 27.6 Å². The Morgan fingerprint density at radius 2 is 2.00 bits per heavy atom. The van der Waals surface area contributed by atoms with Crippen molar-refractivity contribution in [1.29, 1.82) is 0 Å². The molecule has 196 valence electrons. The van der Waals surface area contributed by atoms with Crippen molar-refractivity contribution in [3.63, 3.8) is 0 Å². The number of nitrogens with zero attached hydrogens (tertiary/aromatic N) is 2. The Labute approximate surface area is 224 Å². The smallest absolute Gasteiger partial charge is 0.281 e. The molecule has 4 aromatic rings. The molecule has 1 unspecified atom stereocenters. The average molecular weight is 554 g/mol. The molecule has 3 heterocycles. The number of aromatic nitrogens is 1. The average Bonchev–Trinajstić information content (AvgIpc) is 3.30. The van der Waals surface area contributed by atoms with E-state index in [1.165, 1.54) is 6.07 Å². The van der Waals surface area contributed by atoms with Crippen molar-refractivity contribution < 1.29 is 27.5 Å². The van der Waals surface area contributed by atoms with Crippen LogP contribution in [0.15, 0.2) is 76.4 Å². The van der Waals surface area contributed by atoms with E-state index in [4.69, 9.17) is 20.8 Å². The first-order valence-corrected chi connectivity index (χ1v) is 14.0. The summed E-state index contributed by atoms with van der Waals surface area (Å²) in [5.74, 6) is 0.0150. The lowest BCUT2D eigenvalue weighted by molar-refractivity contribution is -0.127. The number of carbonyl (C=O) groups is 1. The van der Waals surface area contributed by atoms with Crippen LogP contribution in [-0.4, -0.2) is 49.2 Å². The van der Waals surface area contributed by atoms with Crippen LogP contribution in [0.3, 0.4) is 0 Å². The number of amides is 1. The van der Waals surface area contributed by atoms with Gasteiger partial charge in [0.25, 0.3) is 15.9 Å². The van der Waals surface area contributed by atoms with Gasteiger partial charge in [-0.15, -0.1) is 0 Å². The minimum Gasteiger partial charge on any atom is -0.477 e. The summed E-state index contributed by atoms with van der Waals surface area (Å²) in [5.41, 5.74) is 0.845. The number of benzene rings is 2. The lowest BCUT2D eigenvalue weighted by atomic mass is 10.0. The maximum atomic E-state index is 13.2. The number of aliphatic hydroxyl groups is 1. The number of carbonyl (C=O) groups excluding carboxylic acids is 1. The molecule has 0 bridgehead atoms. The van der Waals surface area contributed by atoms with Crippen LogP contribution in [-0.2, 0) is 14.8 Å². The quantitative estimate of drug-likeness (QED) is 0.350. The molecule has 1 aliphatic carbocycles. The molecule has 1 atom stereocenters. The summed E-state index contributed by atoms with van der Waals surface area (Å²) in [6.07, 6.45) is 2.39. The van der Waals surface area contributed by atoms with Crippen LogP contribution in [0, 0.1) is 0 Å². The number of aliphatic hydroxyl groups excluding tert-OH is 1. The zero-order chi connectivity index (χ0) is 26.5. The van der Waals surface area contributed by atoms with Crippen molar-refractivity contribution in [2.45, 2.75) is 36.0 Å². The van der Waals surface area contributed by atoms with E-state index in [0.717, 1.165) is 10.9 Å². The standard InChI is InChI=1S/C27H24ClN3O6S/c28-19-6-7-21(18-5-4-17-9-13-36-22(17)14-18)23(15-19)37-27(10-11-27)26(33)30-38(34,35)25-3-1-2-24(29-25)31-12-8-20(32)16-31/h1-7,9,13-15,20,32H,8,10-12,16H2,(H,30,33). The summed E-state index contributed by atoms with van der Waals surface area (Å²) in [6, 6.07) is 17.2. The van der Waals surface area contributed by atoms with Gasteiger partial charge in [0, 0.05) is 41.9 Å². The zero-order valence-electron chi connectivity index (χ0n) is 20.1. The molecule has 2 aromatic heterocycles.